The van der Waals surface area contributed by atoms with Gasteiger partial charge in [-0.2, -0.15) is 5.10 Å². The van der Waals surface area contributed by atoms with E-state index in [1.807, 2.05) is 18.2 Å². The van der Waals surface area contributed by atoms with Crippen LogP contribution in [-0.2, 0) is 10.5 Å². The SMILES string of the molecule is O=C(CSc1nnc(SCc2ccccc2)s1)N/N=C/c1cccc([N+](=O)[O-])c1. The summed E-state index contributed by atoms with van der Waals surface area (Å²) in [5.41, 5.74) is 4.10. The molecule has 8 nitrogen and oxygen atoms in total. The van der Waals surface area contributed by atoms with Gasteiger partial charge in [0.25, 0.3) is 11.6 Å². The number of hydrogen-bond acceptors (Lipinski definition) is 9. The number of hydrazone groups is 1. The number of hydrogen-bond donors (Lipinski definition) is 1. The van der Waals surface area contributed by atoms with Gasteiger partial charge in [0, 0.05) is 23.4 Å². The van der Waals surface area contributed by atoms with Crippen molar-refractivity contribution in [1.29, 1.82) is 0 Å². The summed E-state index contributed by atoms with van der Waals surface area (Å²) in [5.74, 6) is 0.655. The van der Waals surface area contributed by atoms with Crippen molar-refractivity contribution in [2.24, 2.45) is 5.10 Å². The van der Waals surface area contributed by atoms with E-state index < -0.39 is 4.92 Å². The first-order chi connectivity index (χ1) is 14.1. The molecule has 1 N–H and O–H groups in total. The molecule has 148 valence electrons. The number of aromatic nitrogens is 2. The van der Waals surface area contributed by atoms with E-state index in [4.69, 9.17) is 0 Å². The molecule has 1 aromatic heterocycles. The van der Waals surface area contributed by atoms with Crippen LogP contribution in [0.2, 0.25) is 0 Å². The van der Waals surface area contributed by atoms with Gasteiger partial charge in [-0.3, -0.25) is 14.9 Å². The summed E-state index contributed by atoms with van der Waals surface area (Å²) >= 11 is 4.32. The molecule has 1 heterocycles. The maximum atomic E-state index is 11.9. The number of thioether (sulfide) groups is 2. The second kappa shape index (κ2) is 10.7. The van der Waals surface area contributed by atoms with Gasteiger partial charge in [0.1, 0.15) is 0 Å². The molecule has 11 heteroatoms. The van der Waals surface area contributed by atoms with Crippen LogP contribution in [0.15, 0.2) is 68.4 Å². The number of nitrogens with one attached hydrogen (secondary N) is 1. The van der Waals surface area contributed by atoms with Crippen LogP contribution in [0.5, 0.6) is 0 Å². The van der Waals surface area contributed by atoms with Crippen molar-refractivity contribution in [1.82, 2.24) is 15.6 Å². The third-order valence-electron chi connectivity index (χ3n) is 3.40. The molecule has 2 aromatic carbocycles. The van der Waals surface area contributed by atoms with Crippen LogP contribution < -0.4 is 5.43 Å². The molecule has 0 unspecified atom stereocenters. The molecule has 0 radical (unpaired) electrons. The number of nitro benzene ring substituents is 1. The number of amides is 1. The number of benzene rings is 2. The van der Waals surface area contributed by atoms with Crippen LogP contribution in [0, 0.1) is 10.1 Å². The number of rotatable bonds is 9. The lowest BCUT2D eigenvalue weighted by atomic mass is 10.2. The monoisotopic (exact) mass is 445 g/mol. The standard InChI is InChI=1S/C18H15N5O3S3/c24-16(20-19-10-14-7-4-8-15(9-14)23(25)26)12-28-18-22-21-17(29-18)27-11-13-5-2-1-3-6-13/h1-10H,11-12H2,(H,20,24)/b19-10+. The average molecular weight is 446 g/mol. The van der Waals surface area contributed by atoms with E-state index in [1.165, 1.54) is 47.0 Å². The minimum absolute atomic E-state index is 0.0342. The highest BCUT2D eigenvalue weighted by Gasteiger charge is 2.09. The molecular formula is C18H15N5O3S3. The number of nitrogens with zero attached hydrogens (tertiary/aromatic N) is 4. The largest absolute Gasteiger partial charge is 0.272 e. The second-order valence-electron chi connectivity index (χ2n) is 5.54. The fourth-order valence-electron chi connectivity index (χ4n) is 2.09. The Kier molecular flexibility index (Phi) is 7.73. The molecule has 29 heavy (non-hydrogen) atoms. The summed E-state index contributed by atoms with van der Waals surface area (Å²) < 4.78 is 1.55. The predicted octanol–water partition coefficient (Wildman–Crippen LogP) is 3.98. The van der Waals surface area contributed by atoms with E-state index in [2.05, 4.69) is 32.9 Å². The summed E-state index contributed by atoms with van der Waals surface area (Å²) in [6, 6.07) is 16.1. The lowest BCUT2D eigenvalue weighted by Gasteiger charge is -1.98. The lowest BCUT2D eigenvalue weighted by Crippen LogP contribution is -2.19. The van der Waals surface area contributed by atoms with E-state index in [1.54, 1.807) is 23.9 Å². The Bertz CT molecular complexity index is 1010. The molecule has 0 aliphatic rings. The lowest BCUT2D eigenvalue weighted by molar-refractivity contribution is -0.384. The van der Waals surface area contributed by atoms with Gasteiger partial charge in [-0.1, -0.05) is 77.3 Å². The number of carbonyl (C=O) groups excluding carboxylic acids is 1. The van der Waals surface area contributed by atoms with E-state index in [0.29, 0.717) is 9.90 Å². The fraction of sp³-hybridized carbons (Fsp3) is 0.111. The van der Waals surface area contributed by atoms with Gasteiger partial charge in [-0.05, 0) is 5.56 Å². The van der Waals surface area contributed by atoms with Crippen molar-refractivity contribution >= 4 is 52.7 Å². The van der Waals surface area contributed by atoms with Crippen LogP contribution >= 0.6 is 34.9 Å². The molecule has 0 aliphatic heterocycles. The summed E-state index contributed by atoms with van der Waals surface area (Å²) in [6.45, 7) is 0. The molecule has 0 fully saturated rings. The van der Waals surface area contributed by atoms with E-state index in [0.717, 1.165) is 10.1 Å². The highest BCUT2D eigenvalue weighted by Crippen LogP contribution is 2.30. The van der Waals surface area contributed by atoms with Crippen LogP contribution in [-0.4, -0.2) is 33.0 Å². The zero-order chi connectivity index (χ0) is 20.5. The molecule has 0 atom stereocenters. The molecule has 3 aromatic rings. The van der Waals surface area contributed by atoms with Gasteiger partial charge < -0.3 is 0 Å². The summed E-state index contributed by atoms with van der Waals surface area (Å²) in [4.78, 5) is 22.2. The first-order valence-electron chi connectivity index (χ1n) is 8.29. The van der Waals surface area contributed by atoms with Crippen molar-refractivity contribution in [3.8, 4) is 0 Å². The molecule has 0 saturated carbocycles. The minimum Gasteiger partial charge on any atom is -0.272 e. The zero-order valence-electron chi connectivity index (χ0n) is 14.9. The van der Waals surface area contributed by atoms with Crippen molar-refractivity contribution in [3.63, 3.8) is 0 Å². The van der Waals surface area contributed by atoms with Crippen molar-refractivity contribution < 1.29 is 9.72 Å². The van der Waals surface area contributed by atoms with Gasteiger partial charge >= 0.3 is 0 Å². The molecule has 0 aliphatic carbocycles. The normalized spacial score (nSPS) is 10.9. The molecule has 0 saturated heterocycles. The van der Waals surface area contributed by atoms with Gasteiger partial charge in [0.05, 0.1) is 16.9 Å². The average Bonchev–Trinajstić information content (AvgIpc) is 3.20. The molecule has 0 bridgehead atoms. The quantitative estimate of drug-likeness (QED) is 0.229. The van der Waals surface area contributed by atoms with E-state index in [9.17, 15) is 14.9 Å². The number of carbonyl (C=O) groups is 1. The summed E-state index contributed by atoms with van der Waals surface area (Å²) in [7, 11) is 0. The molecule has 0 spiro atoms. The Labute approximate surface area is 179 Å². The van der Waals surface area contributed by atoms with Crippen LogP contribution in [0.25, 0.3) is 0 Å². The zero-order valence-corrected chi connectivity index (χ0v) is 17.4. The smallest absolute Gasteiger partial charge is 0.270 e. The van der Waals surface area contributed by atoms with Gasteiger partial charge in [0.15, 0.2) is 8.68 Å². The van der Waals surface area contributed by atoms with Crippen LogP contribution in [0.1, 0.15) is 11.1 Å². The van der Waals surface area contributed by atoms with Gasteiger partial charge in [0.2, 0.25) is 0 Å². The molecule has 3 rings (SSSR count). The first kappa shape index (κ1) is 21.0. The number of non-ortho nitro benzene ring substituents is 1. The Balaban J connectivity index is 1.42. The van der Waals surface area contributed by atoms with Gasteiger partial charge in [-0.25, -0.2) is 5.43 Å². The number of nitro groups is 1. The van der Waals surface area contributed by atoms with Gasteiger partial charge in [-0.15, -0.1) is 10.2 Å². The predicted molar refractivity (Wildman–Crippen MR) is 115 cm³/mol. The first-order valence-corrected chi connectivity index (χ1v) is 11.1. The van der Waals surface area contributed by atoms with E-state index >= 15 is 0 Å². The van der Waals surface area contributed by atoms with E-state index in [-0.39, 0.29) is 17.3 Å². The highest BCUT2D eigenvalue weighted by molar-refractivity contribution is 8.03. The molecule has 1 amide bonds. The summed E-state index contributed by atoms with van der Waals surface area (Å²) in [6.07, 6.45) is 1.36. The van der Waals surface area contributed by atoms with Crippen molar-refractivity contribution in [2.45, 2.75) is 14.4 Å². The highest BCUT2D eigenvalue weighted by atomic mass is 32.2. The Morgan fingerprint density at radius 2 is 1.90 bits per heavy atom. The summed E-state index contributed by atoms with van der Waals surface area (Å²) in [5, 5.41) is 22.8. The second-order valence-corrected chi connectivity index (χ2v) is 8.96. The Morgan fingerprint density at radius 3 is 2.66 bits per heavy atom. The maximum absolute atomic E-state index is 11.9. The topological polar surface area (TPSA) is 110 Å². The van der Waals surface area contributed by atoms with Crippen molar-refractivity contribution in [2.75, 3.05) is 5.75 Å². The third kappa shape index (κ3) is 6.97. The fourth-order valence-corrected chi connectivity index (χ4v) is 4.86. The molecular weight excluding hydrogens is 430 g/mol. The third-order valence-corrected chi connectivity index (χ3v) is 6.66. The Morgan fingerprint density at radius 1 is 1.14 bits per heavy atom. The van der Waals surface area contributed by atoms with Crippen molar-refractivity contribution in [3.05, 3.63) is 75.8 Å². The van der Waals surface area contributed by atoms with Crippen LogP contribution in [0.4, 0.5) is 5.69 Å². The Hall–Kier alpha value is -2.76. The minimum atomic E-state index is -0.485. The maximum Gasteiger partial charge on any atom is 0.270 e. The van der Waals surface area contributed by atoms with Crippen LogP contribution in [0.3, 0.4) is 0 Å².